The molecule has 1 aromatic rings. The van der Waals surface area contributed by atoms with E-state index in [4.69, 9.17) is 5.73 Å². The van der Waals surface area contributed by atoms with Crippen LogP contribution in [0.1, 0.15) is 17.3 Å². The van der Waals surface area contributed by atoms with Gasteiger partial charge in [-0.3, -0.25) is 10.1 Å². The molecule has 0 aliphatic rings. The maximum atomic E-state index is 12.2. The van der Waals surface area contributed by atoms with Crippen molar-refractivity contribution in [2.24, 2.45) is 0 Å². The SMILES string of the molecule is CCOC(=O)c1c(OC(F)F)ccc([N+](=O)[O-])c1N. The Morgan fingerprint density at radius 3 is 2.63 bits per heavy atom. The van der Waals surface area contributed by atoms with Gasteiger partial charge < -0.3 is 15.2 Å². The largest absolute Gasteiger partial charge is 0.462 e. The number of carbonyl (C=O) groups excluding carboxylic acids is 1. The lowest BCUT2D eigenvalue weighted by molar-refractivity contribution is -0.384. The third kappa shape index (κ3) is 3.27. The summed E-state index contributed by atoms with van der Waals surface area (Å²) < 4.78 is 33.1. The molecule has 19 heavy (non-hydrogen) atoms. The number of nitro groups is 1. The van der Waals surface area contributed by atoms with Crippen molar-refractivity contribution in [3.05, 3.63) is 27.8 Å². The van der Waals surface area contributed by atoms with Crippen LogP contribution in [-0.4, -0.2) is 24.1 Å². The fraction of sp³-hybridized carbons (Fsp3) is 0.300. The fourth-order valence-corrected chi connectivity index (χ4v) is 1.36. The molecule has 0 radical (unpaired) electrons. The first kappa shape index (κ1) is 14.6. The zero-order valence-electron chi connectivity index (χ0n) is 9.76. The fourth-order valence-electron chi connectivity index (χ4n) is 1.36. The molecule has 0 saturated carbocycles. The summed E-state index contributed by atoms with van der Waals surface area (Å²) in [4.78, 5) is 21.4. The summed E-state index contributed by atoms with van der Waals surface area (Å²) in [6, 6.07) is 1.74. The van der Waals surface area contributed by atoms with E-state index in [1.807, 2.05) is 0 Å². The molecular weight excluding hydrogens is 266 g/mol. The Labute approximate surface area is 106 Å². The lowest BCUT2D eigenvalue weighted by Crippen LogP contribution is -2.14. The van der Waals surface area contributed by atoms with Crippen LogP contribution in [0.5, 0.6) is 5.75 Å². The zero-order chi connectivity index (χ0) is 14.6. The van der Waals surface area contributed by atoms with Gasteiger partial charge in [-0.2, -0.15) is 8.78 Å². The maximum Gasteiger partial charge on any atom is 0.387 e. The molecule has 1 rings (SSSR count). The van der Waals surface area contributed by atoms with Crippen molar-refractivity contribution in [2.45, 2.75) is 13.5 Å². The number of alkyl halides is 2. The highest BCUT2D eigenvalue weighted by Gasteiger charge is 2.26. The number of halogens is 2. The summed E-state index contributed by atoms with van der Waals surface area (Å²) in [5.41, 5.74) is 3.66. The van der Waals surface area contributed by atoms with Gasteiger partial charge in [-0.25, -0.2) is 4.79 Å². The summed E-state index contributed by atoms with van der Waals surface area (Å²) in [5.74, 6) is -1.64. The number of hydrogen-bond acceptors (Lipinski definition) is 6. The number of ether oxygens (including phenoxy) is 2. The molecule has 0 aliphatic heterocycles. The molecule has 2 N–H and O–H groups in total. The van der Waals surface area contributed by atoms with Crippen molar-refractivity contribution < 1.29 is 28.0 Å². The molecular formula is C10H10F2N2O5. The van der Waals surface area contributed by atoms with Gasteiger partial charge in [0.2, 0.25) is 0 Å². The molecule has 0 aliphatic carbocycles. The lowest BCUT2D eigenvalue weighted by Gasteiger charge is -2.12. The van der Waals surface area contributed by atoms with E-state index in [9.17, 15) is 23.7 Å². The van der Waals surface area contributed by atoms with Gasteiger partial charge in [0.25, 0.3) is 5.69 Å². The van der Waals surface area contributed by atoms with E-state index < -0.39 is 40.2 Å². The maximum absolute atomic E-state index is 12.2. The van der Waals surface area contributed by atoms with E-state index >= 15 is 0 Å². The van der Waals surface area contributed by atoms with Crippen LogP contribution in [0.25, 0.3) is 0 Å². The molecule has 0 amide bonds. The monoisotopic (exact) mass is 276 g/mol. The minimum absolute atomic E-state index is 0.0465. The Bertz CT molecular complexity index is 507. The van der Waals surface area contributed by atoms with Crippen LogP contribution in [0.3, 0.4) is 0 Å². The van der Waals surface area contributed by atoms with E-state index in [1.54, 1.807) is 0 Å². The van der Waals surface area contributed by atoms with Crippen LogP contribution in [-0.2, 0) is 4.74 Å². The van der Waals surface area contributed by atoms with E-state index in [1.165, 1.54) is 6.92 Å². The molecule has 0 fully saturated rings. The topological polar surface area (TPSA) is 105 Å². The standard InChI is InChI=1S/C10H10F2N2O5/c1-2-18-9(15)7-6(19-10(11)12)4-3-5(8(7)13)14(16)17/h3-4,10H,2,13H2,1H3. The van der Waals surface area contributed by atoms with Crippen LogP contribution in [0.15, 0.2) is 12.1 Å². The summed E-state index contributed by atoms with van der Waals surface area (Å²) in [6.45, 7) is -1.76. The number of nitrogens with zero attached hydrogens (tertiary/aromatic N) is 1. The second-order valence-corrected chi connectivity index (χ2v) is 3.23. The molecule has 1 aromatic carbocycles. The highest BCUT2D eigenvalue weighted by Crippen LogP contribution is 2.34. The first-order valence-corrected chi connectivity index (χ1v) is 5.07. The number of esters is 1. The summed E-state index contributed by atoms with van der Waals surface area (Å²) in [5, 5.41) is 10.7. The molecule has 7 nitrogen and oxygen atoms in total. The van der Waals surface area contributed by atoms with Crippen molar-refractivity contribution >= 4 is 17.3 Å². The Balaban J connectivity index is 3.36. The Hall–Kier alpha value is -2.45. The first-order valence-electron chi connectivity index (χ1n) is 5.07. The van der Waals surface area contributed by atoms with Gasteiger partial charge in [-0.05, 0) is 13.0 Å². The van der Waals surface area contributed by atoms with Gasteiger partial charge in [0.1, 0.15) is 17.0 Å². The van der Waals surface area contributed by atoms with Crippen LogP contribution in [0.2, 0.25) is 0 Å². The number of nitrogen functional groups attached to an aromatic ring is 1. The number of benzene rings is 1. The highest BCUT2D eigenvalue weighted by molar-refractivity contribution is 6.00. The summed E-state index contributed by atoms with van der Waals surface area (Å²) in [7, 11) is 0. The minimum Gasteiger partial charge on any atom is -0.462 e. The molecule has 0 aromatic heterocycles. The van der Waals surface area contributed by atoms with Gasteiger partial charge >= 0.3 is 12.6 Å². The first-order chi connectivity index (χ1) is 8.88. The van der Waals surface area contributed by atoms with Crippen LogP contribution >= 0.6 is 0 Å². The van der Waals surface area contributed by atoms with Crippen molar-refractivity contribution in [2.75, 3.05) is 12.3 Å². The van der Waals surface area contributed by atoms with Crippen molar-refractivity contribution in [1.82, 2.24) is 0 Å². The number of hydrogen-bond donors (Lipinski definition) is 1. The molecule has 0 atom stereocenters. The van der Waals surface area contributed by atoms with Crippen molar-refractivity contribution in [3.8, 4) is 5.75 Å². The van der Waals surface area contributed by atoms with Crippen molar-refractivity contribution in [3.63, 3.8) is 0 Å². The Kier molecular flexibility index (Phi) is 4.56. The predicted molar refractivity (Wildman–Crippen MR) is 60.1 cm³/mol. The van der Waals surface area contributed by atoms with E-state index in [0.717, 1.165) is 12.1 Å². The van der Waals surface area contributed by atoms with Gasteiger partial charge in [0.15, 0.2) is 0 Å². The lowest BCUT2D eigenvalue weighted by atomic mass is 10.1. The minimum atomic E-state index is -3.20. The molecule has 104 valence electrons. The van der Waals surface area contributed by atoms with Crippen LogP contribution < -0.4 is 10.5 Å². The predicted octanol–water partition coefficient (Wildman–Crippen LogP) is 1.96. The Morgan fingerprint density at radius 2 is 2.16 bits per heavy atom. The molecule has 9 heteroatoms. The quantitative estimate of drug-likeness (QED) is 0.381. The molecule has 0 spiro atoms. The van der Waals surface area contributed by atoms with Crippen LogP contribution in [0.4, 0.5) is 20.2 Å². The highest BCUT2D eigenvalue weighted by atomic mass is 19.3. The normalized spacial score (nSPS) is 10.3. The van der Waals surface area contributed by atoms with Gasteiger partial charge in [-0.1, -0.05) is 0 Å². The molecule has 0 heterocycles. The number of nitro benzene ring substituents is 1. The van der Waals surface area contributed by atoms with Gasteiger partial charge in [0, 0.05) is 6.07 Å². The zero-order valence-corrected chi connectivity index (χ0v) is 9.76. The average molecular weight is 276 g/mol. The van der Waals surface area contributed by atoms with E-state index in [2.05, 4.69) is 9.47 Å². The molecule has 0 unspecified atom stereocenters. The van der Waals surface area contributed by atoms with Gasteiger partial charge in [-0.15, -0.1) is 0 Å². The average Bonchev–Trinajstić information content (AvgIpc) is 2.27. The number of nitrogens with two attached hydrogens (primary N) is 1. The second kappa shape index (κ2) is 5.94. The summed E-state index contributed by atoms with van der Waals surface area (Å²) >= 11 is 0. The molecule has 0 saturated heterocycles. The second-order valence-electron chi connectivity index (χ2n) is 3.23. The smallest absolute Gasteiger partial charge is 0.387 e. The number of rotatable bonds is 5. The third-order valence-corrected chi connectivity index (χ3v) is 2.08. The number of anilines is 1. The van der Waals surface area contributed by atoms with E-state index in [-0.39, 0.29) is 6.61 Å². The van der Waals surface area contributed by atoms with E-state index in [0.29, 0.717) is 0 Å². The van der Waals surface area contributed by atoms with Gasteiger partial charge in [0.05, 0.1) is 11.5 Å². The number of carbonyl (C=O) groups is 1. The summed E-state index contributed by atoms with van der Waals surface area (Å²) in [6.07, 6.45) is 0. The van der Waals surface area contributed by atoms with Crippen molar-refractivity contribution in [1.29, 1.82) is 0 Å². The van der Waals surface area contributed by atoms with Crippen LogP contribution in [0, 0.1) is 10.1 Å². The third-order valence-electron chi connectivity index (χ3n) is 2.08. The molecule has 0 bridgehead atoms. The Morgan fingerprint density at radius 1 is 1.53 bits per heavy atom.